The summed E-state index contributed by atoms with van der Waals surface area (Å²) in [4.78, 5) is 12.4. The minimum Gasteiger partial charge on any atom is -0.399 e. The zero-order valence-electron chi connectivity index (χ0n) is 15.2. The molecule has 2 unspecified atom stereocenters. The molecule has 0 spiro atoms. The van der Waals surface area contributed by atoms with Crippen LogP contribution in [0.25, 0.3) is 0 Å². The van der Waals surface area contributed by atoms with E-state index in [-0.39, 0.29) is 18.3 Å². The quantitative estimate of drug-likeness (QED) is 0.731. The van der Waals surface area contributed by atoms with E-state index in [1.165, 1.54) is 24.8 Å². The van der Waals surface area contributed by atoms with Gasteiger partial charge in [-0.05, 0) is 48.8 Å². The standard InChI is InChI=1S/C22H28N2O.ClH/c23-20-12-6-4-10-18(20)14-15-22(25)24-21-13-7-5-11-19(21)16-17-8-2-1-3-9-17;/h1-4,6,8-10,12,19,21H,5,7,11,13-16,23H2,(H,24,25);1H. The number of carbonyl (C=O) groups excluding carboxylic acids is 1. The van der Waals surface area contributed by atoms with E-state index in [9.17, 15) is 4.79 Å². The minimum absolute atomic E-state index is 0. The zero-order chi connectivity index (χ0) is 17.5. The summed E-state index contributed by atoms with van der Waals surface area (Å²) in [5, 5.41) is 3.30. The summed E-state index contributed by atoms with van der Waals surface area (Å²) in [7, 11) is 0. The molecule has 2 aromatic carbocycles. The molecule has 1 saturated carbocycles. The third kappa shape index (κ3) is 5.77. The zero-order valence-corrected chi connectivity index (χ0v) is 16.0. The highest BCUT2D eigenvalue weighted by Gasteiger charge is 2.26. The van der Waals surface area contributed by atoms with Crippen molar-refractivity contribution in [3.05, 3.63) is 65.7 Å². The number of amides is 1. The molecule has 4 heteroatoms. The number of nitrogen functional groups attached to an aromatic ring is 1. The van der Waals surface area contributed by atoms with Crippen LogP contribution in [-0.4, -0.2) is 11.9 Å². The van der Waals surface area contributed by atoms with E-state index in [4.69, 9.17) is 5.73 Å². The number of rotatable bonds is 6. The normalized spacial score (nSPS) is 19.4. The number of anilines is 1. The van der Waals surface area contributed by atoms with Crippen molar-refractivity contribution in [3.8, 4) is 0 Å². The molecule has 3 nitrogen and oxygen atoms in total. The van der Waals surface area contributed by atoms with Crippen molar-refractivity contribution in [1.82, 2.24) is 5.32 Å². The minimum atomic E-state index is 0. The predicted molar refractivity (Wildman–Crippen MR) is 110 cm³/mol. The van der Waals surface area contributed by atoms with Crippen LogP contribution in [0, 0.1) is 5.92 Å². The monoisotopic (exact) mass is 372 g/mol. The van der Waals surface area contributed by atoms with Gasteiger partial charge in [0.05, 0.1) is 0 Å². The van der Waals surface area contributed by atoms with Gasteiger partial charge in [-0.25, -0.2) is 0 Å². The van der Waals surface area contributed by atoms with Gasteiger partial charge in [0.2, 0.25) is 5.91 Å². The molecule has 1 aliphatic carbocycles. The van der Waals surface area contributed by atoms with Crippen LogP contribution < -0.4 is 11.1 Å². The van der Waals surface area contributed by atoms with Gasteiger partial charge in [0.25, 0.3) is 0 Å². The van der Waals surface area contributed by atoms with Crippen LogP contribution in [0.2, 0.25) is 0 Å². The summed E-state index contributed by atoms with van der Waals surface area (Å²) in [6.07, 6.45) is 7.03. The first-order valence-electron chi connectivity index (χ1n) is 9.39. The highest BCUT2D eigenvalue weighted by Crippen LogP contribution is 2.27. The second-order valence-corrected chi connectivity index (χ2v) is 7.11. The van der Waals surface area contributed by atoms with Crippen molar-refractivity contribution in [2.45, 2.75) is 51.0 Å². The Kier molecular flexibility index (Phi) is 7.99. The largest absolute Gasteiger partial charge is 0.399 e. The third-order valence-corrected chi connectivity index (χ3v) is 5.27. The van der Waals surface area contributed by atoms with E-state index < -0.39 is 0 Å². The van der Waals surface area contributed by atoms with Crippen LogP contribution in [0.5, 0.6) is 0 Å². The van der Waals surface area contributed by atoms with Crippen LogP contribution in [0.15, 0.2) is 54.6 Å². The Morgan fingerprint density at radius 2 is 1.69 bits per heavy atom. The summed E-state index contributed by atoms with van der Waals surface area (Å²) in [6.45, 7) is 0. The van der Waals surface area contributed by atoms with Crippen LogP contribution in [0.3, 0.4) is 0 Å². The molecule has 0 heterocycles. The second-order valence-electron chi connectivity index (χ2n) is 7.11. The summed E-state index contributed by atoms with van der Waals surface area (Å²) in [5.41, 5.74) is 9.16. The number of hydrogen-bond acceptors (Lipinski definition) is 2. The Hall–Kier alpha value is -2.00. The van der Waals surface area contributed by atoms with E-state index in [2.05, 4.69) is 35.6 Å². The van der Waals surface area contributed by atoms with E-state index in [0.29, 0.717) is 24.8 Å². The molecule has 2 atom stereocenters. The van der Waals surface area contributed by atoms with Gasteiger partial charge in [-0.1, -0.05) is 61.4 Å². The second kappa shape index (κ2) is 10.2. The number of para-hydroxylation sites is 1. The van der Waals surface area contributed by atoms with E-state index in [1.54, 1.807) is 0 Å². The van der Waals surface area contributed by atoms with Gasteiger partial charge in [-0.2, -0.15) is 0 Å². The fourth-order valence-corrected chi connectivity index (χ4v) is 3.85. The summed E-state index contributed by atoms with van der Waals surface area (Å²) >= 11 is 0. The molecule has 1 fully saturated rings. The molecule has 26 heavy (non-hydrogen) atoms. The number of hydrogen-bond donors (Lipinski definition) is 2. The van der Waals surface area contributed by atoms with Crippen molar-refractivity contribution in [1.29, 1.82) is 0 Å². The smallest absolute Gasteiger partial charge is 0.220 e. The topological polar surface area (TPSA) is 55.1 Å². The number of nitrogens with two attached hydrogens (primary N) is 1. The van der Waals surface area contributed by atoms with Crippen molar-refractivity contribution < 1.29 is 4.79 Å². The van der Waals surface area contributed by atoms with Gasteiger partial charge in [-0.3, -0.25) is 4.79 Å². The van der Waals surface area contributed by atoms with Crippen LogP contribution in [0.4, 0.5) is 5.69 Å². The molecule has 0 saturated heterocycles. The lowest BCUT2D eigenvalue weighted by Gasteiger charge is -2.32. The number of aryl methyl sites for hydroxylation is 1. The third-order valence-electron chi connectivity index (χ3n) is 5.27. The molecule has 3 rings (SSSR count). The number of nitrogens with one attached hydrogen (secondary N) is 1. The van der Waals surface area contributed by atoms with Crippen molar-refractivity contribution >= 4 is 24.0 Å². The maximum absolute atomic E-state index is 12.4. The molecule has 1 aliphatic rings. The lowest BCUT2D eigenvalue weighted by molar-refractivity contribution is -0.122. The Bertz CT molecular complexity index is 690. The molecule has 0 bridgehead atoms. The van der Waals surface area contributed by atoms with Crippen LogP contribution >= 0.6 is 12.4 Å². The van der Waals surface area contributed by atoms with Crippen LogP contribution in [0.1, 0.15) is 43.2 Å². The van der Waals surface area contributed by atoms with Crippen molar-refractivity contribution in [2.24, 2.45) is 5.92 Å². The molecule has 140 valence electrons. The number of benzene rings is 2. The summed E-state index contributed by atoms with van der Waals surface area (Å²) in [6, 6.07) is 18.7. The Morgan fingerprint density at radius 3 is 2.46 bits per heavy atom. The summed E-state index contributed by atoms with van der Waals surface area (Å²) < 4.78 is 0. The lowest BCUT2D eigenvalue weighted by Crippen LogP contribution is -2.43. The van der Waals surface area contributed by atoms with E-state index >= 15 is 0 Å². The van der Waals surface area contributed by atoms with Gasteiger partial charge in [0.15, 0.2) is 0 Å². The Morgan fingerprint density at radius 1 is 1.00 bits per heavy atom. The number of halogens is 1. The molecule has 1 amide bonds. The Labute approximate surface area is 162 Å². The highest BCUT2D eigenvalue weighted by atomic mass is 35.5. The fourth-order valence-electron chi connectivity index (χ4n) is 3.85. The maximum atomic E-state index is 12.4. The van der Waals surface area contributed by atoms with Gasteiger partial charge in [0, 0.05) is 18.2 Å². The first-order valence-corrected chi connectivity index (χ1v) is 9.39. The molecular formula is C22H29ClN2O. The van der Waals surface area contributed by atoms with Crippen molar-refractivity contribution in [2.75, 3.05) is 5.73 Å². The average molecular weight is 373 g/mol. The molecule has 0 radical (unpaired) electrons. The van der Waals surface area contributed by atoms with Crippen molar-refractivity contribution in [3.63, 3.8) is 0 Å². The Balaban J connectivity index is 0.00000243. The van der Waals surface area contributed by atoms with Gasteiger partial charge in [0.1, 0.15) is 0 Å². The molecule has 0 aliphatic heterocycles. The molecular weight excluding hydrogens is 344 g/mol. The molecule has 2 aromatic rings. The first-order chi connectivity index (χ1) is 12.2. The average Bonchev–Trinajstić information content (AvgIpc) is 2.64. The van der Waals surface area contributed by atoms with E-state index in [0.717, 1.165) is 24.1 Å². The summed E-state index contributed by atoms with van der Waals surface area (Å²) in [5.74, 6) is 0.690. The van der Waals surface area contributed by atoms with Crippen LogP contribution in [-0.2, 0) is 17.6 Å². The SMILES string of the molecule is Cl.Nc1ccccc1CCC(=O)NC1CCCCC1Cc1ccccc1. The maximum Gasteiger partial charge on any atom is 0.220 e. The van der Waals surface area contributed by atoms with Gasteiger partial charge >= 0.3 is 0 Å². The number of carbonyl (C=O) groups is 1. The molecule has 0 aromatic heterocycles. The van der Waals surface area contributed by atoms with E-state index in [1.807, 2.05) is 24.3 Å². The first kappa shape index (κ1) is 20.3. The van der Waals surface area contributed by atoms with Gasteiger partial charge < -0.3 is 11.1 Å². The fraction of sp³-hybridized carbons (Fsp3) is 0.409. The predicted octanol–water partition coefficient (Wildman–Crippen LogP) is 4.54. The highest BCUT2D eigenvalue weighted by molar-refractivity contribution is 5.85. The van der Waals surface area contributed by atoms with Gasteiger partial charge in [-0.15, -0.1) is 12.4 Å². The molecule has 3 N–H and O–H groups in total. The lowest BCUT2D eigenvalue weighted by atomic mass is 9.80.